The summed E-state index contributed by atoms with van der Waals surface area (Å²) in [5.41, 5.74) is 1.17. The summed E-state index contributed by atoms with van der Waals surface area (Å²) >= 11 is 0. The Labute approximate surface area is 229 Å². The van der Waals surface area contributed by atoms with Crippen molar-refractivity contribution in [1.82, 2.24) is 15.2 Å². The molecule has 2 aliphatic rings. The number of morpholine rings is 1. The number of anilines is 2. The van der Waals surface area contributed by atoms with E-state index in [0.717, 1.165) is 18.5 Å². The number of allylic oxidation sites excluding steroid dienone is 1. The van der Waals surface area contributed by atoms with E-state index in [4.69, 9.17) is 14.2 Å². The molecule has 0 saturated carbocycles. The van der Waals surface area contributed by atoms with E-state index in [9.17, 15) is 18.0 Å². The SMILES string of the molecule is C=N/N=C(\C=C(/C)C(=O)Nc1cnc(C)c(-c2cc(N3CCOCC3)c(OC3CCOCC3)nn2)c1)C(F)(F)F. The number of halogens is 3. The Hall–Kier alpha value is -3.91. The van der Waals surface area contributed by atoms with Crippen LogP contribution in [0.3, 0.4) is 0 Å². The van der Waals surface area contributed by atoms with Crippen LogP contribution in [0, 0.1) is 6.92 Å². The Morgan fingerprint density at radius 1 is 1.18 bits per heavy atom. The maximum Gasteiger partial charge on any atom is 0.435 e. The lowest BCUT2D eigenvalue weighted by atomic mass is 10.1. The minimum Gasteiger partial charge on any atom is -0.472 e. The van der Waals surface area contributed by atoms with Crippen molar-refractivity contribution in [3.8, 4) is 17.1 Å². The third kappa shape index (κ3) is 7.39. The van der Waals surface area contributed by atoms with Crippen LogP contribution in [0.25, 0.3) is 11.3 Å². The van der Waals surface area contributed by atoms with Gasteiger partial charge in [0.1, 0.15) is 11.8 Å². The molecule has 0 unspecified atom stereocenters. The summed E-state index contributed by atoms with van der Waals surface area (Å²) in [5.74, 6) is -0.345. The van der Waals surface area contributed by atoms with Crippen molar-refractivity contribution in [2.75, 3.05) is 49.7 Å². The third-order valence-corrected chi connectivity index (χ3v) is 6.34. The highest BCUT2D eigenvalue weighted by Gasteiger charge is 2.35. The highest BCUT2D eigenvalue weighted by atomic mass is 19.4. The van der Waals surface area contributed by atoms with Gasteiger partial charge >= 0.3 is 6.18 Å². The molecule has 2 fully saturated rings. The molecule has 14 heteroatoms. The largest absolute Gasteiger partial charge is 0.472 e. The standard InChI is InChI=1S/C26H30F3N7O4/c1-16(12-23(34-30-3)26(27,28)29)24(37)32-18-13-20(17(2)31-15-18)21-14-22(36-6-10-39-11-7-36)25(35-33-21)40-19-4-8-38-9-5-19/h12-15,19H,3-11H2,1-2H3,(H,32,37)/b16-12+,34-23+. The molecule has 2 aromatic rings. The molecule has 0 bridgehead atoms. The van der Waals surface area contributed by atoms with Crippen molar-refractivity contribution in [3.63, 3.8) is 0 Å². The molecule has 0 aromatic carbocycles. The molecule has 40 heavy (non-hydrogen) atoms. The predicted octanol–water partition coefficient (Wildman–Crippen LogP) is 3.75. The summed E-state index contributed by atoms with van der Waals surface area (Å²) in [7, 11) is 0. The van der Waals surface area contributed by atoms with Crippen molar-refractivity contribution in [2.24, 2.45) is 10.2 Å². The number of carbonyl (C=O) groups is 1. The normalized spacial score (nSPS) is 17.5. The first-order valence-electron chi connectivity index (χ1n) is 12.7. The number of carbonyl (C=O) groups excluding carboxylic acids is 1. The van der Waals surface area contributed by atoms with Crippen LogP contribution in [0.4, 0.5) is 24.5 Å². The summed E-state index contributed by atoms with van der Waals surface area (Å²) in [6.45, 7) is 9.63. The molecule has 214 valence electrons. The van der Waals surface area contributed by atoms with Gasteiger partial charge in [-0.3, -0.25) is 9.78 Å². The van der Waals surface area contributed by atoms with Crippen molar-refractivity contribution >= 4 is 29.7 Å². The quantitative estimate of drug-likeness (QED) is 0.294. The average Bonchev–Trinajstić information content (AvgIpc) is 2.94. The third-order valence-electron chi connectivity index (χ3n) is 6.34. The first kappa shape index (κ1) is 29.1. The van der Waals surface area contributed by atoms with Gasteiger partial charge in [-0.15, -0.1) is 15.3 Å². The van der Waals surface area contributed by atoms with Crippen LogP contribution in [0.2, 0.25) is 0 Å². The van der Waals surface area contributed by atoms with Crippen LogP contribution >= 0.6 is 0 Å². The van der Waals surface area contributed by atoms with Crippen LogP contribution in [0.5, 0.6) is 5.88 Å². The first-order valence-corrected chi connectivity index (χ1v) is 12.7. The highest BCUT2D eigenvalue weighted by Crippen LogP contribution is 2.33. The minimum absolute atomic E-state index is 0.0305. The van der Waals surface area contributed by atoms with Gasteiger partial charge in [0.15, 0.2) is 5.71 Å². The van der Waals surface area contributed by atoms with Gasteiger partial charge in [-0.05, 0) is 32.1 Å². The Kier molecular flexibility index (Phi) is 9.42. The predicted molar refractivity (Wildman–Crippen MR) is 143 cm³/mol. The molecule has 1 N–H and O–H groups in total. The highest BCUT2D eigenvalue weighted by molar-refractivity contribution is 6.10. The zero-order chi connectivity index (χ0) is 28.7. The molecule has 1 amide bonds. The maximum absolute atomic E-state index is 13.1. The number of amides is 1. The fourth-order valence-corrected chi connectivity index (χ4v) is 4.17. The molecular weight excluding hydrogens is 531 g/mol. The zero-order valence-electron chi connectivity index (χ0n) is 22.2. The van der Waals surface area contributed by atoms with E-state index >= 15 is 0 Å². The van der Waals surface area contributed by atoms with Gasteiger partial charge in [0.2, 0.25) is 0 Å². The van der Waals surface area contributed by atoms with Gasteiger partial charge < -0.3 is 24.4 Å². The van der Waals surface area contributed by atoms with Gasteiger partial charge in [0.05, 0.1) is 44.0 Å². The van der Waals surface area contributed by atoms with Gasteiger partial charge in [-0.1, -0.05) is 0 Å². The lowest BCUT2D eigenvalue weighted by Gasteiger charge is -2.31. The van der Waals surface area contributed by atoms with Crippen LogP contribution < -0.4 is 15.0 Å². The molecule has 11 nitrogen and oxygen atoms in total. The minimum atomic E-state index is -4.79. The van der Waals surface area contributed by atoms with Crippen LogP contribution in [-0.4, -0.2) is 85.3 Å². The van der Waals surface area contributed by atoms with Crippen LogP contribution in [0.1, 0.15) is 25.5 Å². The number of hydrogen-bond acceptors (Lipinski definition) is 10. The van der Waals surface area contributed by atoms with E-state index < -0.39 is 17.8 Å². The van der Waals surface area contributed by atoms with E-state index in [0.29, 0.717) is 68.4 Å². The number of pyridine rings is 1. The lowest BCUT2D eigenvalue weighted by Crippen LogP contribution is -2.37. The second-order valence-corrected chi connectivity index (χ2v) is 9.21. The number of rotatable bonds is 8. The molecule has 4 heterocycles. The number of nitrogens with zero attached hydrogens (tertiary/aromatic N) is 6. The number of nitrogens with one attached hydrogen (secondary N) is 1. The Morgan fingerprint density at radius 2 is 1.88 bits per heavy atom. The van der Waals surface area contributed by atoms with Gasteiger partial charge in [-0.25, -0.2) is 0 Å². The molecular formula is C26H30F3N7O4. The number of aromatic nitrogens is 3. The van der Waals surface area contributed by atoms with E-state index in [2.05, 4.69) is 42.3 Å². The van der Waals surface area contributed by atoms with Gasteiger partial charge in [0, 0.05) is 49.5 Å². The van der Waals surface area contributed by atoms with E-state index in [1.165, 1.54) is 13.1 Å². The molecule has 2 aliphatic heterocycles. The Morgan fingerprint density at radius 3 is 2.55 bits per heavy atom. The second kappa shape index (κ2) is 13.0. The molecule has 2 saturated heterocycles. The van der Waals surface area contributed by atoms with Crippen LogP contribution in [0.15, 0.2) is 40.2 Å². The summed E-state index contributed by atoms with van der Waals surface area (Å²) in [6.07, 6.45) is -1.30. The Bertz CT molecular complexity index is 1290. The summed E-state index contributed by atoms with van der Waals surface area (Å²) < 4.78 is 56.5. The molecule has 0 atom stereocenters. The summed E-state index contributed by atoms with van der Waals surface area (Å²) in [6, 6.07) is 3.51. The monoisotopic (exact) mass is 561 g/mol. The van der Waals surface area contributed by atoms with Crippen molar-refractivity contribution < 1.29 is 32.2 Å². The van der Waals surface area contributed by atoms with Crippen LogP contribution in [-0.2, 0) is 14.3 Å². The topological polar surface area (TPSA) is 123 Å². The summed E-state index contributed by atoms with van der Waals surface area (Å²) in [5, 5.41) is 17.3. The lowest BCUT2D eigenvalue weighted by molar-refractivity contribution is -0.112. The van der Waals surface area contributed by atoms with E-state index in [1.54, 1.807) is 13.0 Å². The zero-order valence-corrected chi connectivity index (χ0v) is 22.2. The fourth-order valence-electron chi connectivity index (χ4n) is 4.17. The number of ether oxygens (including phenoxy) is 3. The molecule has 0 aliphatic carbocycles. The summed E-state index contributed by atoms with van der Waals surface area (Å²) in [4.78, 5) is 19.1. The number of hydrogen-bond donors (Lipinski definition) is 1. The van der Waals surface area contributed by atoms with E-state index in [1.807, 2.05) is 6.07 Å². The fraction of sp³-hybridized carbons (Fsp3) is 0.462. The average molecular weight is 562 g/mol. The maximum atomic E-state index is 13.1. The van der Waals surface area contributed by atoms with E-state index in [-0.39, 0.29) is 17.4 Å². The molecule has 0 spiro atoms. The number of aryl methyl sites for hydroxylation is 1. The van der Waals surface area contributed by atoms with Crippen molar-refractivity contribution in [3.05, 3.63) is 35.7 Å². The molecule has 4 rings (SSSR count). The molecule has 0 radical (unpaired) electrons. The Balaban J connectivity index is 1.61. The van der Waals surface area contributed by atoms with Gasteiger partial charge in [-0.2, -0.15) is 18.3 Å². The smallest absolute Gasteiger partial charge is 0.435 e. The van der Waals surface area contributed by atoms with Crippen molar-refractivity contribution in [1.29, 1.82) is 0 Å². The van der Waals surface area contributed by atoms with Gasteiger partial charge in [0.25, 0.3) is 11.8 Å². The molecule has 2 aromatic heterocycles. The van der Waals surface area contributed by atoms with Crippen molar-refractivity contribution in [2.45, 2.75) is 39.0 Å². The second-order valence-electron chi connectivity index (χ2n) is 9.21. The number of alkyl halides is 3. The first-order chi connectivity index (χ1) is 19.2.